The minimum absolute atomic E-state index is 0.0555. The van der Waals surface area contributed by atoms with E-state index in [4.69, 9.17) is 0 Å². The summed E-state index contributed by atoms with van der Waals surface area (Å²) in [6, 6.07) is 8.22. The van der Waals surface area contributed by atoms with Crippen molar-refractivity contribution >= 4 is 54.4 Å². The number of aryl methyl sites for hydroxylation is 3. The van der Waals surface area contributed by atoms with Gasteiger partial charge in [-0.3, -0.25) is 4.40 Å². The van der Waals surface area contributed by atoms with E-state index < -0.39 is 10.0 Å². The Morgan fingerprint density at radius 1 is 0.939 bits per heavy atom. The van der Waals surface area contributed by atoms with Crippen molar-refractivity contribution in [3.8, 4) is 11.4 Å². The van der Waals surface area contributed by atoms with Gasteiger partial charge in [0.15, 0.2) is 10.1 Å². The van der Waals surface area contributed by atoms with Crippen LogP contribution in [0.15, 0.2) is 52.2 Å². The number of fused-ring (bicyclic) bond motifs is 1. The van der Waals surface area contributed by atoms with Gasteiger partial charge in [-0.2, -0.15) is 0 Å². The molecule has 168 valence electrons. The Morgan fingerprint density at radius 2 is 1.67 bits per heavy atom. The average Bonchev–Trinajstić information content (AvgIpc) is 3.43. The summed E-state index contributed by atoms with van der Waals surface area (Å²) < 4.78 is 29.9. The van der Waals surface area contributed by atoms with Gasteiger partial charge in [-0.1, -0.05) is 0 Å². The summed E-state index contributed by atoms with van der Waals surface area (Å²) in [6.07, 6.45) is 1.98. The number of benzene rings is 1. The zero-order valence-corrected chi connectivity index (χ0v) is 20.3. The molecule has 0 saturated carbocycles. The Hall–Kier alpha value is -3.35. The number of nitrogens with one attached hydrogen (secondary N) is 2. The quantitative estimate of drug-likeness (QED) is 0.347. The maximum Gasteiger partial charge on any atom is 0.264 e. The topological polar surface area (TPSA) is 114 Å². The molecule has 4 heterocycles. The minimum Gasteiger partial charge on any atom is -0.332 e. The van der Waals surface area contributed by atoms with Crippen molar-refractivity contribution in [1.82, 2.24) is 24.3 Å². The fourth-order valence-corrected chi connectivity index (χ4v) is 5.85. The highest BCUT2D eigenvalue weighted by molar-refractivity contribution is 7.92. The van der Waals surface area contributed by atoms with E-state index in [9.17, 15) is 8.42 Å². The standard InChI is InChI=1S/C21H19N7O2S3/c1-12-10-13(2)23-19(22-12)27-33(29,30)16-6-4-15(5-7-16)25-20-26-17(11-32-20)18-14(3)24-21-28(18)8-9-31-21/h4-11H,1-3H3,(H,25,26)(H,22,23,27). The van der Waals surface area contributed by atoms with Crippen LogP contribution in [0, 0.1) is 20.8 Å². The average molecular weight is 498 g/mol. The van der Waals surface area contributed by atoms with Gasteiger partial charge >= 0.3 is 0 Å². The van der Waals surface area contributed by atoms with E-state index in [1.807, 2.05) is 28.3 Å². The highest BCUT2D eigenvalue weighted by Gasteiger charge is 2.17. The Labute approximate surface area is 198 Å². The third-order valence-electron chi connectivity index (χ3n) is 4.81. The molecule has 0 amide bonds. The molecule has 1 aromatic carbocycles. The second kappa shape index (κ2) is 8.21. The smallest absolute Gasteiger partial charge is 0.264 e. The van der Waals surface area contributed by atoms with E-state index >= 15 is 0 Å². The predicted octanol–water partition coefficient (Wildman–Crippen LogP) is 4.78. The van der Waals surface area contributed by atoms with Crippen LogP contribution in [0.2, 0.25) is 0 Å². The third-order valence-corrected chi connectivity index (χ3v) is 7.67. The first-order chi connectivity index (χ1) is 15.8. The fraction of sp³-hybridized carbons (Fsp3) is 0.143. The molecule has 0 fully saturated rings. The number of hydrogen-bond donors (Lipinski definition) is 2. The lowest BCUT2D eigenvalue weighted by Crippen LogP contribution is -2.15. The molecule has 2 N–H and O–H groups in total. The molecule has 0 aliphatic heterocycles. The molecule has 0 spiro atoms. The van der Waals surface area contributed by atoms with E-state index in [0.29, 0.717) is 16.5 Å². The van der Waals surface area contributed by atoms with Gasteiger partial charge in [0.1, 0.15) is 5.69 Å². The number of rotatable bonds is 6. The van der Waals surface area contributed by atoms with Gasteiger partial charge in [-0.15, -0.1) is 22.7 Å². The van der Waals surface area contributed by atoms with Gasteiger partial charge in [-0.05, 0) is 51.1 Å². The van der Waals surface area contributed by atoms with E-state index in [1.54, 1.807) is 43.4 Å². The lowest BCUT2D eigenvalue weighted by atomic mass is 10.3. The molecule has 0 radical (unpaired) electrons. The third kappa shape index (κ3) is 4.32. The number of thiazole rings is 2. The Kier molecular flexibility index (Phi) is 5.35. The summed E-state index contributed by atoms with van der Waals surface area (Å²) in [7, 11) is -3.81. The predicted molar refractivity (Wildman–Crippen MR) is 131 cm³/mol. The van der Waals surface area contributed by atoms with E-state index in [0.717, 1.165) is 27.7 Å². The molecule has 5 rings (SSSR count). The Morgan fingerprint density at radius 3 is 2.39 bits per heavy atom. The van der Waals surface area contributed by atoms with Crippen LogP contribution in [-0.2, 0) is 10.0 Å². The molecular weight excluding hydrogens is 478 g/mol. The second-order valence-corrected chi connectivity index (χ2v) is 10.8. The first-order valence-electron chi connectivity index (χ1n) is 9.89. The molecule has 9 nitrogen and oxygen atoms in total. The maximum absolute atomic E-state index is 12.7. The molecule has 33 heavy (non-hydrogen) atoms. The van der Waals surface area contributed by atoms with E-state index in [2.05, 4.69) is 30.0 Å². The number of sulfonamides is 1. The molecule has 0 unspecified atom stereocenters. The largest absolute Gasteiger partial charge is 0.332 e. The van der Waals surface area contributed by atoms with Gasteiger partial charge in [0.25, 0.3) is 10.0 Å². The molecule has 0 aliphatic carbocycles. The minimum atomic E-state index is -3.81. The van der Waals surface area contributed by atoms with Crippen LogP contribution in [0.1, 0.15) is 17.1 Å². The summed E-state index contributed by atoms with van der Waals surface area (Å²) in [5, 5.41) is 7.90. The van der Waals surface area contributed by atoms with Crippen molar-refractivity contribution < 1.29 is 8.42 Å². The molecule has 0 aliphatic rings. The SMILES string of the molecule is Cc1cc(C)nc(NS(=O)(=O)c2ccc(Nc3nc(-c4c(C)nc5sccn45)cs3)cc2)n1. The maximum atomic E-state index is 12.7. The number of imidazole rings is 1. The van der Waals surface area contributed by atoms with Gasteiger partial charge in [0.2, 0.25) is 5.95 Å². The normalized spacial score (nSPS) is 11.7. The fourth-order valence-electron chi connectivity index (χ4n) is 3.43. The van der Waals surface area contributed by atoms with Crippen LogP contribution in [-0.4, -0.2) is 32.8 Å². The zero-order chi connectivity index (χ0) is 23.2. The van der Waals surface area contributed by atoms with Crippen LogP contribution in [0.4, 0.5) is 16.8 Å². The molecule has 5 aromatic rings. The summed E-state index contributed by atoms with van der Waals surface area (Å²) in [5.41, 5.74) is 4.83. The van der Waals surface area contributed by atoms with E-state index in [1.165, 1.54) is 23.5 Å². The van der Waals surface area contributed by atoms with Gasteiger partial charge in [0, 0.05) is 34.0 Å². The van der Waals surface area contributed by atoms with Crippen molar-refractivity contribution in [3.05, 3.63) is 64.4 Å². The lowest BCUT2D eigenvalue weighted by molar-refractivity contribution is 0.601. The first kappa shape index (κ1) is 21.5. The molecular formula is C21H19N7O2S3. The van der Waals surface area contributed by atoms with Gasteiger partial charge < -0.3 is 5.32 Å². The van der Waals surface area contributed by atoms with Crippen LogP contribution in [0.3, 0.4) is 0 Å². The summed E-state index contributed by atoms with van der Waals surface area (Å²) >= 11 is 3.05. The molecule has 4 aromatic heterocycles. The molecule has 0 bridgehead atoms. The molecule has 0 saturated heterocycles. The summed E-state index contributed by atoms with van der Waals surface area (Å²) in [6.45, 7) is 5.54. The summed E-state index contributed by atoms with van der Waals surface area (Å²) in [4.78, 5) is 18.6. The highest BCUT2D eigenvalue weighted by Crippen LogP contribution is 2.31. The van der Waals surface area contributed by atoms with Crippen molar-refractivity contribution in [2.45, 2.75) is 25.7 Å². The monoisotopic (exact) mass is 497 g/mol. The first-order valence-corrected chi connectivity index (χ1v) is 13.1. The number of nitrogens with zero attached hydrogens (tertiary/aromatic N) is 5. The van der Waals surface area contributed by atoms with Gasteiger partial charge in [-0.25, -0.2) is 33.1 Å². The van der Waals surface area contributed by atoms with Crippen LogP contribution in [0.5, 0.6) is 0 Å². The number of anilines is 3. The Bertz CT molecular complexity index is 1550. The Balaban J connectivity index is 1.33. The second-order valence-electron chi connectivity index (χ2n) is 7.37. The van der Waals surface area contributed by atoms with Crippen molar-refractivity contribution in [3.63, 3.8) is 0 Å². The van der Waals surface area contributed by atoms with E-state index in [-0.39, 0.29) is 10.8 Å². The number of aromatic nitrogens is 5. The van der Waals surface area contributed by atoms with Crippen molar-refractivity contribution in [2.75, 3.05) is 10.0 Å². The van der Waals surface area contributed by atoms with Crippen LogP contribution >= 0.6 is 22.7 Å². The molecule has 12 heteroatoms. The van der Waals surface area contributed by atoms with Crippen LogP contribution < -0.4 is 10.0 Å². The number of hydrogen-bond acceptors (Lipinski definition) is 9. The highest BCUT2D eigenvalue weighted by atomic mass is 32.2. The van der Waals surface area contributed by atoms with Crippen molar-refractivity contribution in [2.24, 2.45) is 0 Å². The van der Waals surface area contributed by atoms with Crippen molar-refractivity contribution in [1.29, 1.82) is 0 Å². The zero-order valence-electron chi connectivity index (χ0n) is 17.9. The van der Waals surface area contributed by atoms with Gasteiger partial charge in [0.05, 0.1) is 16.3 Å². The van der Waals surface area contributed by atoms with Crippen LogP contribution in [0.25, 0.3) is 16.3 Å². The summed E-state index contributed by atoms with van der Waals surface area (Å²) in [5.74, 6) is 0.0555. The molecule has 0 atom stereocenters. The lowest BCUT2D eigenvalue weighted by Gasteiger charge is -2.09.